The molecule has 2 aliphatic rings. The first kappa shape index (κ1) is 7.10. The van der Waals surface area contributed by atoms with Crippen molar-refractivity contribution in [2.75, 3.05) is 13.2 Å². The molecule has 1 heterocycles. The van der Waals surface area contributed by atoms with Gasteiger partial charge in [-0.2, -0.15) is 0 Å². The van der Waals surface area contributed by atoms with E-state index < -0.39 is 0 Å². The van der Waals surface area contributed by atoms with Gasteiger partial charge in [-0.3, -0.25) is 4.79 Å². The molecule has 0 aromatic rings. The predicted octanol–water partition coefficient (Wildman–Crippen LogP) is 0.301. The highest BCUT2D eigenvalue weighted by molar-refractivity contribution is 5.74. The van der Waals surface area contributed by atoms with Crippen molar-refractivity contribution in [2.45, 2.75) is 25.3 Å². The second kappa shape index (κ2) is 2.21. The molecule has 62 valence electrons. The molecule has 3 heteroatoms. The van der Waals surface area contributed by atoms with Crippen LogP contribution in [0.25, 0.3) is 0 Å². The predicted molar refractivity (Wildman–Crippen MR) is 40.1 cm³/mol. The normalized spacial score (nSPS) is 41.0. The summed E-state index contributed by atoms with van der Waals surface area (Å²) >= 11 is 0. The molecule has 1 aliphatic carbocycles. The van der Waals surface area contributed by atoms with Gasteiger partial charge < -0.3 is 10.1 Å². The van der Waals surface area contributed by atoms with E-state index in [9.17, 15) is 4.79 Å². The van der Waals surface area contributed by atoms with Gasteiger partial charge in [-0.25, -0.2) is 0 Å². The first-order valence-corrected chi connectivity index (χ1v) is 4.09. The molecule has 3 nitrogen and oxygen atoms in total. The number of rotatable bonds is 1. The number of ether oxygens (including phenoxy) is 1. The van der Waals surface area contributed by atoms with Gasteiger partial charge in [-0.05, 0) is 12.8 Å². The van der Waals surface area contributed by atoms with Gasteiger partial charge in [-0.15, -0.1) is 0 Å². The van der Waals surface area contributed by atoms with Crippen LogP contribution >= 0.6 is 0 Å². The van der Waals surface area contributed by atoms with Crippen LogP contribution in [0.5, 0.6) is 0 Å². The fourth-order valence-corrected chi connectivity index (χ4v) is 1.95. The fraction of sp³-hybridized carbons (Fsp3) is 0.875. The van der Waals surface area contributed by atoms with E-state index in [0.29, 0.717) is 5.92 Å². The Labute approximate surface area is 66.1 Å². The van der Waals surface area contributed by atoms with Gasteiger partial charge in [0, 0.05) is 25.0 Å². The third kappa shape index (κ3) is 1.13. The maximum atomic E-state index is 10.8. The van der Waals surface area contributed by atoms with Crippen molar-refractivity contribution >= 4 is 5.91 Å². The monoisotopic (exact) mass is 155 g/mol. The molecule has 0 spiro atoms. The smallest absolute Gasteiger partial charge is 0.217 e. The number of carbonyl (C=O) groups excluding carboxylic acids is 1. The molecular formula is C8H13NO2. The average Bonchev–Trinajstić information content (AvgIpc) is 2.59. The molecule has 0 aromatic heterocycles. The van der Waals surface area contributed by atoms with Crippen LogP contribution in [0.4, 0.5) is 0 Å². The highest BCUT2D eigenvalue weighted by atomic mass is 16.5. The van der Waals surface area contributed by atoms with E-state index in [1.807, 2.05) is 0 Å². The molecular weight excluding hydrogens is 142 g/mol. The van der Waals surface area contributed by atoms with Crippen LogP contribution in [0.1, 0.15) is 19.8 Å². The van der Waals surface area contributed by atoms with E-state index in [1.54, 1.807) is 6.92 Å². The Hall–Kier alpha value is -0.570. The largest absolute Gasteiger partial charge is 0.381 e. The zero-order valence-corrected chi connectivity index (χ0v) is 6.72. The second-order valence-corrected chi connectivity index (χ2v) is 3.56. The fourth-order valence-electron chi connectivity index (χ4n) is 1.95. The molecule has 2 atom stereocenters. The van der Waals surface area contributed by atoms with Crippen LogP contribution in [0, 0.1) is 5.92 Å². The zero-order valence-electron chi connectivity index (χ0n) is 6.72. The molecule has 0 radical (unpaired) electrons. The summed E-state index contributed by atoms with van der Waals surface area (Å²) in [6.07, 6.45) is 2.11. The number of amides is 1. The van der Waals surface area contributed by atoms with Crippen LogP contribution in [-0.4, -0.2) is 24.7 Å². The first-order valence-electron chi connectivity index (χ1n) is 4.09. The number of carbonyl (C=O) groups is 1. The Bertz CT molecular complexity index is 193. The molecule has 0 bridgehead atoms. The van der Waals surface area contributed by atoms with Crippen molar-refractivity contribution in [1.82, 2.24) is 5.32 Å². The molecule has 2 rings (SSSR count). The number of hydrogen-bond acceptors (Lipinski definition) is 2. The van der Waals surface area contributed by atoms with Crippen molar-refractivity contribution < 1.29 is 9.53 Å². The van der Waals surface area contributed by atoms with Gasteiger partial charge in [0.2, 0.25) is 5.91 Å². The minimum absolute atomic E-state index is 0.0920. The summed E-state index contributed by atoms with van der Waals surface area (Å²) in [6.45, 7) is 3.22. The first-order chi connectivity index (χ1) is 5.23. The van der Waals surface area contributed by atoms with Gasteiger partial charge >= 0.3 is 0 Å². The molecule has 1 amide bonds. The molecule has 11 heavy (non-hydrogen) atoms. The molecule has 1 N–H and O–H groups in total. The molecule has 1 saturated heterocycles. The molecule has 1 aliphatic heterocycles. The molecule has 0 aromatic carbocycles. The minimum Gasteiger partial charge on any atom is -0.381 e. The van der Waals surface area contributed by atoms with Crippen LogP contribution in [-0.2, 0) is 9.53 Å². The third-order valence-corrected chi connectivity index (χ3v) is 2.67. The number of fused-ring (bicyclic) bond motifs is 1. The summed E-state index contributed by atoms with van der Waals surface area (Å²) < 4.78 is 5.28. The van der Waals surface area contributed by atoms with E-state index in [2.05, 4.69) is 5.32 Å². The maximum absolute atomic E-state index is 10.8. The quantitative estimate of drug-likeness (QED) is 0.591. The third-order valence-electron chi connectivity index (χ3n) is 2.67. The summed E-state index contributed by atoms with van der Waals surface area (Å²) in [6, 6.07) is 0. The van der Waals surface area contributed by atoms with Gasteiger partial charge in [-0.1, -0.05) is 0 Å². The van der Waals surface area contributed by atoms with Crippen molar-refractivity contribution in [3.8, 4) is 0 Å². The van der Waals surface area contributed by atoms with Crippen molar-refractivity contribution in [3.05, 3.63) is 0 Å². The lowest BCUT2D eigenvalue weighted by atomic mass is 10.1. The van der Waals surface area contributed by atoms with Crippen molar-refractivity contribution in [3.63, 3.8) is 0 Å². The van der Waals surface area contributed by atoms with Gasteiger partial charge in [0.05, 0.1) is 6.61 Å². The Kier molecular flexibility index (Phi) is 1.42. The average molecular weight is 155 g/mol. The lowest BCUT2D eigenvalue weighted by Gasteiger charge is -2.22. The summed E-state index contributed by atoms with van der Waals surface area (Å²) in [7, 11) is 0. The highest BCUT2D eigenvalue weighted by Crippen LogP contribution is 2.48. The van der Waals surface area contributed by atoms with E-state index >= 15 is 0 Å². The van der Waals surface area contributed by atoms with E-state index in [0.717, 1.165) is 26.1 Å². The van der Waals surface area contributed by atoms with E-state index in [1.165, 1.54) is 0 Å². The Morgan fingerprint density at radius 2 is 2.55 bits per heavy atom. The number of nitrogens with one attached hydrogen (secondary N) is 1. The Balaban J connectivity index is 1.96. The highest BCUT2D eigenvalue weighted by Gasteiger charge is 2.56. The van der Waals surface area contributed by atoms with Gasteiger partial charge in [0.1, 0.15) is 0 Å². The summed E-state index contributed by atoms with van der Waals surface area (Å²) in [5, 5.41) is 3.01. The van der Waals surface area contributed by atoms with Crippen molar-refractivity contribution in [2.24, 2.45) is 5.92 Å². The van der Waals surface area contributed by atoms with E-state index in [-0.39, 0.29) is 11.4 Å². The Morgan fingerprint density at radius 3 is 3.18 bits per heavy atom. The second-order valence-electron chi connectivity index (χ2n) is 3.56. The summed E-state index contributed by atoms with van der Waals surface area (Å²) in [4.78, 5) is 10.8. The number of hydrogen-bond donors (Lipinski definition) is 1. The van der Waals surface area contributed by atoms with Gasteiger partial charge in [0.25, 0.3) is 0 Å². The van der Waals surface area contributed by atoms with Crippen LogP contribution in [0.3, 0.4) is 0 Å². The SMILES string of the molecule is CC(=O)NC12CCOCC1C2. The van der Waals surface area contributed by atoms with Crippen LogP contribution in [0.15, 0.2) is 0 Å². The topological polar surface area (TPSA) is 38.3 Å². The maximum Gasteiger partial charge on any atom is 0.217 e. The lowest BCUT2D eigenvalue weighted by molar-refractivity contribution is -0.120. The summed E-state index contributed by atoms with van der Waals surface area (Å²) in [5.74, 6) is 0.689. The van der Waals surface area contributed by atoms with Crippen LogP contribution in [0.2, 0.25) is 0 Å². The Morgan fingerprint density at radius 1 is 1.73 bits per heavy atom. The standard InChI is InChI=1S/C8H13NO2/c1-6(10)9-8-2-3-11-5-7(8)4-8/h7H,2-5H2,1H3,(H,9,10). The molecule has 1 saturated carbocycles. The van der Waals surface area contributed by atoms with Gasteiger partial charge in [0.15, 0.2) is 0 Å². The van der Waals surface area contributed by atoms with E-state index in [4.69, 9.17) is 4.74 Å². The molecule has 2 fully saturated rings. The summed E-state index contributed by atoms with van der Waals surface area (Å²) in [5.41, 5.74) is 0.143. The van der Waals surface area contributed by atoms with Crippen LogP contribution < -0.4 is 5.32 Å². The zero-order chi connectivity index (χ0) is 7.90. The van der Waals surface area contributed by atoms with Crippen molar-refractivity contribution in [1.29, 1.82) is 0 Å². The minimum atomic E-state index is 0.0920. The lowest BCUT2D eigenvalue weighted by Crippen LogP contribution is -2.40. The molecule has 2 unspecified atom stereocenters.